The summed E-state index contributed by atoms with van der Waals surface area (Å²) in [6, 6.07) is 0. The molecule has 0 aliphatic rings. The van der Waals surface area contributed by atoms with Crippen LogP contribution in [0.1, 0.15) is 6.92 Å². The van der Waals surface area contributed by atoms with E-state index in [1.165, 1.54) is 0 Å². The Morgan fingerprint density at radius 2 is 1.75 bits per heavy atom. The quantitative estimate of drug-likeness (QED) is 0.518. The minimum Gasteiger partial charge on any atom is -0.367 e. The van der Waals surface area contributed by atoms with E-state index >= 15 is 0 Å². The van der Waals surface area contributed by atoms with Gasteiger partial charge in [-0.1, -0.05) is 12.2 Å². The highest BCUT2D eigenvalue weighted by atomic mass is 79.9. The van der Waals surface area contributed by atoms with Crippen molar-refractivity contribution in [2.75, 3.05) is 20.2 Å². The highest BCUT2D eigenvalue weighted by Crippen LogP contribution is 1.98. The van der Waals surface area contributed by atoms with Crippen LogP contribution in [0.4, 0.5) is 0 Å². The van der Waals surface area contributed by atoms with Gasteiger partial charge in [-0.15, -0.1) is 30.1 Å². The lowest BCUT2D eigenvalue weighted by atomic mass is 10.4. The predicted molar refractivity (Wildman–Crippen MR) is 58.8 cm³/mol. The standard InChI is InChI=1S/C9H17NO.BrH/c1-5-7-10(8-6-2)9(3)11-4;/h5-6,9H,1-2,7-8H2,3-4H3;1H. The Morgan fingerprint density at radius 1 is 1.33 bits per heavy atom. The van der Waals surface area contributed by atoms with Crippen molar-refractivity contribution in [1.82, 2.24) is 4.90 Å². The molecular formula is C9H18BrNO. The smallest absolute Gasteiger partial charge is 0.107 e. The van der Waals surface area contributed by atoms with Crippen LogP contribution in [0.2, 0.25) is 0 Å². The van der Waals surface area contributed by atoms with Crippen molar-refractivity contribution in [3.05, 3.63) is 25.3 Å². The molecule has 0 fully saturated rings. The van der Waals surface area contributed by atoms with Gasteiger partial charge in [-0.25, -0.2) is 0 Å². The number of ether oxygens (including phenoxy) is 1. The maximum atomic E-state index is 5.15. The maximum absolute atomic E-state index is 5.15. The van der Waals surface area contributed by atoms with E-state index in [0.29, 0.717) is 0 Å². The van der Waals surface area contributed by atoms with Crippen molar-refractivity contribution in [2.45, 2.75) is 13.2 Å². The minimum atomic E-state index is 0. The summed E-state index contributed by atoms with van der Waals surface area (Å²) in [5, 5.41) is 0. The van der Waals surface area contributed by atoms with Crippen molar-refractivity contribution in [2.24, 2.45) is 0 Å². The fraction of sp³-hybridized carbons (Fsp3) is 0.556. The largest absolute Gasteiger partial charge is 0.367 e. The first-order chi connectivity index (χ1) is 5.26. The molecule has 0 rings (SSSR count). The van der Waals surface area contributed by atoms with Crippen LogP contribution in [0.5, 0.6) is 0 Å². The lowest BCUT2D eigenvalue weighted by Crippen LogP contribution is -2.34. The Morgan fingerprint density at radius 3 is 2.00 bits per heavy atom. The van der Waals surface area contributed by atoms with E-state index in [0.717, 1.165) is 13.1 Å². The fourth-order valence-corrected chi connectivity index (χ4v) is 0.852. The third kappa shape index (κ3) is 5.52. The number of nitrogens with zero attached hydrogens (tertiary/aromatic N) is 1. The normalized spacial score (nSPS) is 11.9. The average molecular weight is 236 g/mol. The summed E-state index contributed by atoms with van der Waals surface area (Å²) in [5.74, 6) is 0. The van der Waals surface area contributed by atoms with E-state index in [9.17, 15) is 0 Å². The molecule has 1 atom stereocenters. The molecule has 2 nitrogen and oxygen atoms in total. The van der Waals surface area contributed by atoms with Gasteiger partial charge in [0.2, 0.25) is 0 Å². The molecular weight excluding hydrogens is 218 g/mol. The summed E-state index contributed by atoms with van der Waals surface area (Å²) >= 11 is 0. The van der Waals surface area contributed by atoms with E-state index in [-0.39, 0.29) is 23.2 Å². The number of hydrogen-bond donors (Lipinski definition) is 0. The molecule has 0 aromatic carbocycles. The number of halogens is 1. The van der Waals surface area contributed by atoms with E-state index in [1.807, 2.05) is 19.1 Å². The molecule has 0 saturated carbocycles. The van der Waals surface area contributed by atoms with Gasteiger partial charge in [0.05, 0.1) is 0 Å². The molecule has 0 N–H and O–H groups in total. The molecule has 0 aromatic rings. The third-order valence-electron chi connectivity index (χ3n) is 1.58. The van der Waals surface area contributed by atoms with Crippen LogP contribution in [0.15, 0.2) is 25.3 Å². The molecule has 0 aromatic heterocycles. The molecule has 0 heterocycles. The van der Waals surface area contributed by atoms with E-state index in [4.69, 9.17) is 4.74 Å². The molecule has 0 spiro atoms. The molecule has 1 unspecified atom stereocenters. The van der Waals surface area contributed by atoms with E-state index in [1.54, 1.807) is 7.11 Å². The monoisotopic (exact) mass is 235 g/mol. The number of hydrogen-bond acceptors (Lipinski definition) is 2. The summed E-state index contributed by atoms with van der Waals surface area (Å²) in [6.45, 7) is 11.0. The van der Waals surface area contributed by atoms with Crippen LogP contribution in [-0.2, 0) is 4.74 Å². The first-order valence-corrected chi connectivity index (χ1v) is 3.74. The number of rotatable bonds is 6. The van der Waals surface area contributed by atoms with Crippen LogP contribution < -0.4 is 0 Å². The topological polar surface area (TPSA) is 12.5 Å². The fourth-order valence-electron chi connectivity index (χ4n) is 0.852. The van der Waals surface area contributed by atoms with Crippen LogP contribution in [0, 0.1) is 0 Å². The molecule has 0 aliphatic carbocycles. The Kier molecular flexibility index (Phi) is 10.8. The molecule has 0 amide bonds. The van der Waals surface area contributed by atoms with Crippen LogP contribution in [0.25, 0.3) is 0 Å². The second kappa shape index (κ2) is 8.97. The second-order valence-electron chi connectivity index (χ2n) is 2.37. The van der Waals surface area contributed by atoms with E-state index < -0.39 is 0 Å². The summed E-state index contributed by atoms with van der Waals surface area (Å²) < 4.78 is 5.15. The van der Waals surface area contributed by atoms with Crippen LogP contribution in [0.3, 0.4) is 0 Å². The third-order valence-corrected chi connectivity index (χ3v) is 1.58. The molecule has 3 heteroatoms. The van der Waals surface area contributed by atoms with Crippen LogP contribution >= 0.6 is 17.0 Å². The minimum absolute atomic E-state index is 0. The van der Waals surface area contributed by atoms with Crippen LogP contribution in [-0.4, -0.2) is 31.3 Å². The maximum Gasteiger partial charge on any atom is 0.107 e. The highest BCUT2D eigenvalue weighted by molar-refractivity contribution is 8.93. The van der Waals surface area contributed by atoms with Gasteiger partial charge in [-0.3, -0.25) is 4.90 Å². The lowest BCUT2D eigenvalue weighted by molar-refractivity contribution is -0.00553. The molecule has 0 radical (unpaired) electrons. The Labute approximate surface area is 85.7 Å². The zero-order valence-corrected chi connectivity index (χ0v) is 9.54. The molecule has 0 aliphatic heterocycles. The Balaban J connectivity index is 0. The zero-order chi connectivity index (χ0) is 8.69. The summed E-state index contributed by atoms with van der Waals surface area (Å²) in [6.07, 6.45) is 3.85. The molecule has 12 heavy (non-hydrogen) atoms. The molecule has 0 saturated heterocycles. The second-order valence-corrected chi connectivity index (χ2v) is 2.37. The molecule has 72 valence electrons. The predicted octanol–water partition coefficient (Wildman–Crippen LogP) is 2.23. The highest BCUT2D eigenvalue weighted by Gasteiger charge is 2.07. The van der Waals surface area contributed by atoms with Gasteiger partial charge in [-0.2, -0.15) is 0 Å². The van der Waals surface area contributed by atoms with Crippen molar-refractivity contribution in [1.29, 1.82) is 0 Å². The Hall–Kier alpha value is -0.120. The lowest BCUT2D eigenvalue weighted by Gasteiger charge is -2.24. The summed E-state index contributed by atoms with van der Waals surface area (Å²) in [5.41, 5.74) is 0. The van der Waals surface area contributed by atoms with Gasteiger partial charge in [0, 0.05) is 20.2 Å². The zero-order valence-electron chi connectivity index (χ0n) is 7.82. The summed E-state index contributed by atoms with van der Waals surface area (Å²) in [7, 11) is 1.70. The van der Waals surface area contributed by atoms with Crippen molar-refractivity contribution < 1.29 is 4.74 Å². The van der Waals surface area contributed by atoms with Crippen molar-refractivity contribution in [3.8, 4) is 0 Å². The summed E-state index contributed by atoms with van der Waals surface area (Å²) in [4.78, 5) is 2.12. The first kappa shape index (κ1) is 14.4. The van der Waals surface area contributed by atoms with Crippen molar-refractivity contribution in [3.63, 3.8) is 0 Å². The van der Waals surface area contributed by atoms with Gasteiger partial charge in [0.15, 0.2) is 0 Å². The van der Waals surface area contributed by atoms with Gasteiger partial charge in [0.1, 0.15) is 6.23 Å². The SMILES string of the molecule is Br.C=CCN(CC=C)C(C)OC. The Bertz CT molecular complexity index is 118. The van der Waals surface area contributed by atoms with Gasteiger partial charge < -0.3 is 4.74 Å². The van der Waals surface area contributed by atoms with Crippen molar-refractivity contribution >= 4 is 17.0 Å². The van der Waals surface area contributed by atoms with Gasteiger partial charge in [-0.05, 0) is 6.92 Å². The number of methoxy groups -OCH3 is 1. The average Bonchev–Trinajstić information content (AvgIpc) is 2.03. The first-order valence-electron chi connectivity index (χ1n) is 3.74. The molecule has 0 bridgehead atoms. The van der Waals surface area contributed by atoms with Gasteiger partial charge >= 0.3 is 0 Å². The van der Waals surface area contributed by atoms with E-state index in [2.05, 4.69) is 18.1 Å². The van der Waals surface area contributed by atoms with Gasteiger partial charge in [0.25, 0.3) is 0 Å².